The molecule has 0 amide bonds. The van der Waals surface area contributed by atoms with E-state index in [1.54, 1.807) is 6.08 Å². The van der Waals surface area contributed by atoms with E-state index in [-0.39, 0.29) is 17.8 Å². The summed E-state index contributed by atoms with van der Waals surface area (Å²) in [7, 11) is 0. The van der Waals surface area contributed by atoms with Crippen LogP contribution >= 0.6 is 11.6 Å². The van der Waals surface area contributed by atoms with Gasteiger partial charge in [-0.15, -0.1) is 0 Å². The SMILES string of the molecule is O=C(O)C1=CC2=C(C1)[C@H]1C(c3cc(C(F)(F)F)c(Cl)cn3)[C@@H]1C2. The highest BCUT2D eigenvalue weighted by atomic mass is 35.5. The molecule has 7 heteroatoms. The van der Waals surface area contributed by atoms with Crippen LogP contribution in [0.25, 0.3) is 0 Å². The molecule has 23 heavy (non-hydrogen) atoms. The summed E-state index contributed by atoms with van der Waals surface area (Å²) < 4.78 is 38.9. The molecule has 3 aliphatic rings. The Bertz CT molecular complexity index is 797. The lowest BCUT2D eigenvalue weighted by Crippen LogP contribution is -2.08. The lowest BCUT2D eigenvalue weighted by molar-refractivity contribution is -0.137. The molecule has 0 spiro atoms. The monoisotopic (exact) mass is 341 g/mol. The smallest absolute Gasteiger partial charge is 0.417 e. The van der Waals surface area contributed by atoms with Crippen LogP contribution in [0.2, 0.25) is 5.02 Å². The molecule has 3 atom stereocenters. The average Bonchev–Trinajstić information content (AvgIpc) is 2.82. The number of pyridine rings is 1. The minimum absolute atomic E-state index is 0.0614. The van der Waals surface area contributed by atoms with E-state index < -0.39 is 22.7 Å². The number of hydrogen-bond donors (Lipinski definition) is 1. The standard InChI is InChI=1S/C16H11ClF3NO2/c17-11-5-21-12(4-10(11)16(18,19)20)14-9-2-6-1-7(15(22)23)3-8(6)13(9)14/h1,4-5,9,13-14H,2-3H2,(H,22,23)/t9-,13-,14?/m1/s1. The first-order valence-corrected chi connectivity index (χ1v) is 7.53. The molecule has 0 aromatic carbocycles. The van der Waals surface area contributed by atoms with Crippen molar-refractivity contribution in [1.82, 2.24) is 4.98 Å². The van der Waals surface area contributed by atoms with E-state index in [2.05, 4.69) is 4.98 Å². The lowest BCUT2D eigenvalue weighted by atomic mass is 10.0. The number of rotatable bonds is 2. The molecule has 0 saturated heterocycles. The number of aromatic nitrogens is 1. The Morgan fingerprint density at radius 2 is 2.09 bits per heavy atom. The summed E-state index contributed by atoms with van der Waals surface area (Å²) in [5.74, 6) is -0.639. The van der Waals surface area contributed by atoms with Gasteiger partial charge in [0, 0.05) is 29.8 Å². The minimum Gasteiger partial charge on any atom is -0.478 e. The number of carboxylic acid groups (broad SMARTS) is 1. The van der Waals surface area contributed by atoms with Crippen molar-refractivity contribution in [3.63, 3.8) is 0 Å². The van der Waals surface area contributed by atoms with E-state index in [1.807, 2.05) is 0 Å². The summed E-state index contributed by atoms with van der Waals surface area (Å²) in [5, 5.41) is 8.66. The van der Waals surface area contributed by atoms with Gasteiger partial charge in [0.05, 0.1) is 10.6 Å². The zero-order chi connectivity index (χ0) is 16.5. The Morgan fingerprint density at radius 1 is 1.35 bits per heavy atom. The van der Waals surface area contributed by atoms with Crippen LogP contribution in [0.5, 0.6) is 0 Å². The van der Waals surface area contributed by atoms with Gasteiger partial charge in [0.15, 0.2) is 0 Å². The van der Waals surface area contributed by atoms with Crippen LogP contribution in [0.15, 0.2) is 35.1 Å². The summed E-state index contributed by atoms with van der Waals surface area (Å²) >= 11 is 5.60. The average molecular weight is 342 g/mol. The topological polar surface area (TPSA) is 50.2 Å². The minimum atomic E-state index is -4.51. The van der Waals surface area contributed by atoms with Crippen molar-refractivity contribution in [1.29, 1.82) is 0 Å². The van der Waals surface area contributed by atoms with Crippen molar-refractivity contribution in [2.24, 2.45) is 11.8 Å². The molecule has 1 fully saturated rings. The largest absolute Gasteiger partial charge is 0.478 e. The molecule has 0 radical (unpaired) electrons. The van der Waals surface area contributed by atoms with Crippen LogP contribution < -0.4 is 0 Å². The maximum absolute atomic E-state index is 13.0. The number of hydrogen-bond acceptors (Lipinski definition) is 2. The van der Waals surface area contributed by atoms with E-state index in [4.69, 9.17) is 16.7 Å². The Hall–Kier alpha value is -1.82. The third kappa shape index (κ3) is 2.19. The first-order chi connectivity index (χ1) is 10.8. The highest BCUT2D eigenvalue weighted by Gasteiger charge is 2.59. The third-order valence-corrected chi connectivity index (χ3v) is 5.27. The summed E-state index contributed by atoms with van der Waals surface area (Å²) in [6, 6.07) is 1.03. The van der Waals surface area contributed by atoms with Crippen molar-refractivity contribution in [3.8, 4) is 0 Å². The number of halogens is 4. The number of aliphatic carboxylic acids is 1. The van der Waals surface area contributed by atoms with Crippen LogP contribution in [0, 0.1) is 11.8 Å². The van der Waals surface area contributed by atoms with Crippen LogP contribution in [-0.4, -0.2) is 16.1 Å². The molecular weight excluding hydrogens is 331 g/mol. The van der Waals surface area contributed by atoms with Crippen LogP contribution in [-0.2, 0) is 11.0 Å². The molecule has 0 bridgehead atoms. The summed E-state index contributed by atoms with van der Waals surface area (Å²) in [6.45, 7) is 0. The van der Waals surface area contributed by atoms with Crippen molar-refractivity contribution in [2.75, 3.05) is 0 Å². The van der Waals surface area contributed by atoms with Crippen molar-refractivity contribution >= 4 is 17.6 Å². The molecule has 3 aliphatic carbocycles. The lowest BCUT2D eigenvalue weighted by Gasteiger charge is -2.11. The molecular formula is C16H11ClF3NO2. The van der Waals surface area contributed by atoms with E-state index >= 15 is 0 Å². The molecule has 3 nitrogen and oxygen atoms in total. The quantitative estimate of drug-likeness (QED) is 0.877. The van der Waals surface area contributed by atoms with Crippen LogP contribution in [0.1, 0.15) is 30.0 Å². The highest BCUT2D eigenvalue weighted by molar-refractivity contribution is 6.31. The van der Waals surface area contributed by atoms with E-state index in [1.165, 1.54) is 0 Å². The van der Waals surface area contributed by atoms with Gasteiger partial charge in [-0.05, 0) is 36.0 Å². The Kier molecular flexibility index (Phi) is 2.95. The van der Waals surface area contributed by atoms with Gasteiger partial charge < -0.3 is 5.11 Å². The van der Waals surface area contributed by atoms with Gasteiger partial charge >= 0.3 is 12.1 Å². The predicted octanol–water partition coefficient (Wildman–Crippen LogP) is 4.20. The first kappa shape index (κ1) is 14.8. The highest BCUT2D eigenvalue weighted by Crippen LogP contribution is 2.67. The maximum Gasteiger partial charge on any atom is 0.417 e. The number of alkyl halides is 3. The van der Waals surface area contributed by atoms with E-state index in [9.17, 15) is 18.0 Å². The van der Waals surface area contributed by atoms with Gasteiger partial charge in [-0.3, -0.25) is 4.98 Å². The van der Waals surface area contributed by atoms with Gasteiger partial charge in [0.2, 0.25) is 0 Å². The van der Waals surface area contributed by atoms with Gasteiger partial charge in [-0.2, -0.15) is 13.2 Å². The van der Waals surface area contributed by atoms with E-state index in [0.717, 1.165) is 23.4 Å². The van der Waals surface area contributed by atoms with Crippen LogP contribution in [0.4, 0.5) is 13.2 Å². The fraction of sp³-hybridized carbons (Fsp3) is 0.375. The number of nitrogens with zero attached hydrogens (tertiary/aromatic N) is 1. The molecule has 1 saturated carbocycles. The van der Waals surface area contributed by atoms with Gasteiger partial charge in [-0.1, -0.05) is 17.2 Å². The molecule has 120 valence electrons. The number of allylic oxidation sites excluding steroid dienone is 3. The first-order valence-electron chi connectivity index (χ1n) is 7.16. The zero-order valence-electron chi connectivity index (χ0n) is 11.7. The maximum atomic E-state index is 13.0. The number of fused-ring (bicyclic) bond motifs is 2. The summed E-state index contributed by atoms with van der Waals surface area (Å²) in [6.07, 6.45) is -0.639. The molecule has 1 heterocycles. The van der Waals surface area contributed by atoms with Crippen LogP contribution in [0.3, 0.4) is 0 Å². The fourth-order valence-electron chi connectivity index (χ4n) is 3.95. The molecule has 1 unspecified atom stereocenters. The Balaban J connectivity index is 1.60. The molecule has 0 aliphatic heterocycles. The second-order valence-electron chi connectivity index (χ2n) is 6.21. The van der Waals surface area contributed by atoms with Crippen molar-refractivity contribution in [3.05, 3.63) is 51.3 Å². The number of carbonyl (C=O) groups is 1. The van der Waals surface area contributed by atoms with Crippen molar-refractivity contribution in [2.45, 2.75) is 24.9 Å². The molecule has 4 rings (SSSR count). The van der Waals surface area contributed by atoms with Crippen molar-refractivity contribution < 1.29 is 23.1 Å². The van der Waals surface area contributed by atoms with Gasteiger partial charge in [-0.25, -0.2) is 4.79 Å². The van der Waals surface area contributed by atoms with E-state index in [0.29, 0.717) is 24.1 Å². The van der Waals surface area contributed by atoms with Gasteiger partial charge in [0.25, 0.3) is 0 Å². The molecule has 1 N–H and O–H groups in total. The predicted molar refractivity (Wildman–Crippen MR) is 75.9 cm³/mol. The molecule has 1 aromatic heterocycles. The second kappa shape index (κ2) is 4.60. The summed E-state index contributed by atoms with van der Waals surface area (Å²) in [5.41, 5.74) is 1.99. The van der Waals surface area contributed by atoms with Gasteiger partial charge in [0.1, 0.15) is 0 Å². The third-order valence-electron chi connectivity index (χ3n) is 4.97. The Morgan fingerprint density at radius 3 is 2.74 bits per heavy atom. The normalized spacial score (nSPS) is 28.5. The summed E-state index contributed by atoms with van der Waals surface area (Å²) in [4.78, 5) is 15.1. The zero-order valence-corrected chi connectivity index (χ0v) is 12.4. The number of carboxylic acids is 1. The fourth-order valence-corrected chi connectivity index (χ4v) is 4.16. The Labute approximate surface area is 134 Å². The molecule has 1 aromatic rings. The second-order valence-corrected chi connectivity index (χ2v) is 6.62.